The van der Waals surface area contributed by atoms with Crippen LogP contribution in [0.2, 0.25) is 0 Å². The highest BCUT2D eigenvalue weighted by Crippen LogP contribution is 2.12. The molecule has 0 heterocycles. The van der Waals surface area contributed by atoms with E-state index in [1.165, 1.54) is 0 Å². The van der Waals surface area contributed by atoms with E-state index in [4.69, 9.17) is 0 Å². The van der Waals surface area contributed by atoms with Gasteiger partial charge < -0.3 is 0 Å². The van der Waals surface area contributed by atoms with Crippen molar-refractivity contribution < 1.29 is 9.00 Å². The van der Waals surface area contributed by atoms with E-state index >= 15 is 0 Å². The van der Waals surface area contributed by atoms with Crippen molar-refractivity contribution in [2.45, 2.75) is 34.1 Å². The van der Waals surface area contributed by atoms with E-state index in [2.05, 4.69) is 13.8 Å². The third-order valence-corrected chi connectivity index (χ3v) is 4.68. The Balaban J connectivity index is 2.71. The van der Waals surface area contributed by atoms with Crippen LogP contribution in [0.5, 0.6) is 0 Å². The first-order valence-electron chi connectivity index (χ1n) is 6.39. The van der Waals surface area contributed by atoms with Gasteiger partial charge in [0.2, 0.25) is 0 Å². The lowest BCUT2D eigenvalue weighted by molar-refractivity contribution is 0.102. The third-order valence-electron chi connectivity index (χ3n) is 3.15. The van der Waals surface area contributed by atoms with Gasteiger partial charge in [-0.15, -0.1) is 0 Å². The van der Waals surface area contributed by atoms with Crippen molar-refractivity contribution in [3.05, 3.63) is 34.9 Å². The molecule has 2 unspecified atom stereocenters. The standard InChI is InChI=1S/C15H22O2S/c1-5-11(2)9-18(17)10-15(16)14-8-12(3)6-7-13(14)4/h6-8,11H,5,9-10H2,1-4H3. The molecule has 0 radical (unpaired) electrons. The smallest absolute Gasteiger partial charge is 0.175 e. The molecule has 0 spiro atoms. The van der Waals surface area contributed by atoms with Crippen LogP contribution in [-0.4, -0.2) is 21.5 Å². The van der Waals surface area contributed by atoms with Crippen LogP contribution in [0.25, 0.3) is 0 Å². The Labute approximate surface area is 112 Å². The van der Waals surface area contributed by atoms with Crippen LogP contribution in [0.4, 0.5) is 0 Å². The predicted molar refractivity (Wildman–Crippen MR) is 77.6 cm³/mol. The summed E-state index contributed by atoms with van der Waals surface area (Å²) < 4.78 is 11.9. The molecule has 0 aliphatic heterocycles. The summed E-state index contributed by atoms with van der Waals surface area (Å²) in [7, 11) is -1.05. The van der Waals surface area contributed by atoms with E-state index in [0.29, 0.717) is 17.2 Å². The molecular formula is C15H22O2S. The second-order valence-corrected chi connectivity index (χ2v) is 6.51. The molecule has 0 fully saturated rings. The second kappa shape index (κ2) is 6.83. The van der Waals surface area contributed by atoms with Gasteiger partial charge in [-0.25, -0.2) is 0 Å². The first-order valence-corrected chi connectivity index (χ1v) is 7.88. The number of carbonyl (C=O) groups is 1. The number of benzene rings is 1. The number of ketones is 1. The average molecular weight is 266 g/mol. The Hall–Kier alpha value is -0.960. The normalized spacial score (nSPS) is 14.2. The molecule has 1 aromatic carbocycles. The first kappa shape index (κ1) is 15.1. The molecule has 3 heteroatoms. The van der Waals surface area contributed by atoms with Crippen LogP contribution in [-0.2, 0) is 10.8 Å². The summed E-state index contributed by atoms with van der Waals surface area (Å²) in [6.07, 6.45) is 1.00. The number of hydrogen-bond donors (Lipinski definition) is 0. The molecule has 0 saturated heterocycles. The van der Waals surface area contributed by atoms with Crippen molar-refractivity contribution in [3.63, 3.8) is 0 Å². The number of Topliss-reactive ketones (excluding diaryl/α,β-unsaturated/α-hetero) is 1. The third kappa shape index (κ3) is 4.37. The van der Waals surface area contributed by atoms with Crippen molar-refractivity contribution >= 4 is 16.6 Å². The molecule has 1 aromatic rings. The summed E-state index contributed by atoms with van der Waals surface area (Å²) in [4.78, 5) is 12.1. The summed E-state index contributed by atoms with van der Waals surface area (Å²) in [6, 6.07) is 5.82. The quantitative estimate of drug-likeness (QED) is 0.740. The molecule has 18 heavy (non-hydrogen) atoms. The molecule has 0 amide bonds. The van der Waals surface area contributed by atoms with Gasteiger partial charge in [0, 0.05) is 22.1 Å². The Morgan fingerprint density at radius 1 is 1.33 bits per heavy atom. The molecule has 2 nitrogen and oxygen atoms in total. The van der Waals surface area contributed by atoms with Gasteiger partial charge in [0.05, 0.1) is 5.75 Å². The maximum absolute atomic E-state index is 12.1. The van der Waals surface area contributed by atoms with Crippen molar-refractivity contribution in [3.8, 4) is 0 Å². The van der Waals surface area contributed by atoms with Gasteiger partial charge in [-0.3, -0.25) is 9.00 Å². The summed E-state index contributed by atoms with van der Waals surface area (Å²) in [6.45, 7) is 8.03. The lowest BCUT2D eigenvalue weighted by Crippen LogP contribution is -2.17. The zero-order chi connectivity index (χ0) is 13.7. The number of carbonyl (C=O) groups excluding carboxylic acids is 1. The molecular weight excluding hydrogens is 244 g/mol. The van der Waals surface area contributed by atoms with E-state index in [1.807, 2.05) is 32.0 Å². The summed E-state index contributed by atoms with van der Waals surface area (Å²) in [5.41, 5.74) is 2.75. The average Bonchev–Trinajstić information content (AvgIpc) is 2.31. The van der Waals surface area contributed by atoms with E-state index in [1.54, 1.807) is 0 Å². The summed E-state index contributed by atoms with van der Waals surface area (Å²) in [5, 5.41) is 0. The number of hydrogen-bond acceptors (Lipinski definition) is 2. The zero-order valence-electron chi connectivity index (χ0n) is 11.7. The van der Waals surface area contributed by atoms with E-state index in [9.17, 15) is 9.00 Å². The highest BCUT2D eigenvalue weighted by atomic mass is 32.2. The van der Waals surface area contributed by atoms with Crippen LogP contribution in [0.1, 0.15) is 41.8 Å². The van der Waals surface area contributed by atoms with Crippen LogP contribution in [0, 0.1) is 19.8 Å². The fourth-order valence-electron chi connectivity index (χ4n) is 1.75. The van der Waals surface area contributed by atoms with Crippen LogP contribution in [0.15, 0.2) is 18.2 Å². The SMILES string of the molecule is CCC(C)CS(=O)CC(=O)c1cc(C)ccc1C. The van der Waals surface area contributed by atoms with Crippen molar-refractivity contribution in [2.75, 3.05) is 11.5 Å². The van der Waals surface area contributed by atoms with Crippen LogP contribution in [0.3, 0.4) is 0 Å². The minimum Gasteiger partial charge on any atom is -0.293 e. The molecule has 100 valence electrons. The van der Waals surface area contributed by atoms with Gasteiger partial charge in [-0.05, 0) is 31.4 Å². The molecule has 0 aliphatic rings. The predicted octanol–water partition coefficient (Wildman–Crippen LogP) is 3.28. The van der Waals surface area contributed by atoms with Gasteiger partial charge in [0.1, 0.15) is 0 Å². The number of aryl methyl sites for hydroxylation is 2. The Morgan fingerprint density at radius 3 is 2.61 bits per heavy atom. The first-order chi connectivity index (χ1) is 8.43. The van der Waals surface area contributed by atoms with Crippen molar-refractivity contribution in [1.29, 1.82) is 0 Å². The molecule has 2 atom stereocenters. The number of rotatable bonds is 6. The van der Waals surface area contributed by atoms with E-state index in [0.717, 1.165) is 17.5 Å². The fourth-order valence-corrected chi connectivity index (χ4v) is 3.19. The van der Waals surface area contributed by atoms with Gasteiger partial charge >= 0.3 is 0 Å². The monoisotopic (exact) mass is 266 g/mol. The molecule has 0 aliphatic carbocycles. The summed E-state index contributed by atoms with van der Waals surface area (Å²) in [5.74, 6) is 1.18. The Morgan fingerprint density at radius 2 is 2.00 bits per heavy atom. The maximum atomic E-state index is 12.1. The van der Waals surface area contributed by atoms with Gasteiger partial charge in [0.15, 0.2) is 5.78 Å². The molecule has 0 aromatic heterocycles. The van der Waals surface area contributed by atoms with E-state index in [-0.39, 0.29) is 11.5 Å². The second-order valence-electron chi connectivity index (χ2n) is 5.01. The van der Waals surface area contributed by atoms with Gasteiger partial charge in [-0.1, -0.05) is 38.0 Å². The lowest BCUT2D eigenvalue weighted by atomic mass is 10.0. The van der Waals surface area contributed by atoms with Crippen molar-refractivity contribution in [2.24, 2.45) is 5.92 Å². The molecule has 0 N–H and O–H groups in total. The Bertz CT molecular complexity index is 452. The lowest BCUT2D eigenvalue weighted by Gasteiger charge is -2.09. The van der Waals surface area contributed by atoms with Crippen LogP contribution >= 0.6 is 0 Å². The largest absolute Gasteiger partial charge is 0.293 e. The molecule has 1 rings (SSSR count). The Kier molecular flexibility index (Phi) is 5.73. The van der Waals surface area contributed by atoms with Crippen molar-refractivity contribution in [1.82, 2.24) is 0 Å². The zero-order valence-corrected chi connectivity index (χ0v) is 12.5. The molecule has 0 bridgehead atoms. The summed E-state index contributed by atoms with van der Waals surface area (Å²) >= 11 is 0. The minimum absolute atomic E-state index is 0.00200. The van der Waals surface area contributed by atoms with Gasteiger partial charge in [-0.2, -0.15) is 0 Å². The highest BCUT2D eigenvalue weighted by molar-refractivity contribution is 7.85. The van der Waals surface area contributed by atoms with Crippen LogP contribution < -0.4 is 0 Å². The highest BCUT2D eigenvalue weighted by Gasteiger charge is 2.14. The van der Waals surface area contributed by atoms with E-state index < -0.39 is 10.8 Å². The topological polar surface area (TPSA) is 34.1 Å². The maximum Gasteiger partial charge on any atom is 0.175 e. The minimum atomic E-state index is -1.05. The fraction of sp³-hybridized carbons (Fsp3) is 0.533. The van der Waals surface area contributed by atoms with Gasteiger partial charge in [0.25, 0.3) is 0 Å². The molecule has 0 saturated carbocycles.